The van der Waals surface area contributed by atoms with Crippen molar-refractivity contribution >= 4 is 28.3 Å². The molecule has 0 atom stereocenters. The van der Waals surface area contributed by atoms with Gasteiger partial charge in [-0.15, -0.1) is 5.10 Å². The summed E-state index contributed by atoms with van der Waals surface area (Å²) in [6, 6.07) is 11.1. The standard InChI is InChI=1S/C33H35FN6O5/c1-43-28-7-3-2-6-23(28)25-19-24(22-5-4-12-39(21-22)29(41)8-13-40-16-11-35-37-40)30(34)31-26(25)20-27(36-31)32(42)38-14-9-33(10-15-38)44-17-18-45-33/h2-3,5-7,11,16,19-20,36H,4,8-10,12-15,17-18,21H2,1H3. The van der Waals surface area contributed by atoms with E-state index in [4.69, 9.17) is 14.2 Å². The number of rotatable bonds is 7. The molecular weight excluding hydrogens is 579 g/mol. The fraction of sp³-hybridized carbons (Fsp3) is 0.394. The van der Waals surface area contributed by atoms with Crippen LogP contribution < -0.4 is 4.74 Å². The third-order valence-corrected chi connectivity index (χ3v) is 8.98. The van der Waals surface area contributed by atoms with Crippen molar-refractivity contribution in [1.82, 2.24) is 29.8 Å². The van der Waals surface area contributed by atoms with E-state index >= 15 is 4.39 Å². The van der Waals surface area contributed by atoms with E-state index < -0.39 is 11.6 Å². The average molecular weight is 615 g/mol. The van der Waals surface area contributed by atoms with Gasteiger partial charge in [0.15, 0.2) is 11.6 Å². The molecule has 1 N–H and O–H groups in total. The number of benzene rings is 2. The number of likely N-dealkylation sites (tertiary alicyclic amines) is 1. The fourth-order valence-corrected chi connectivity index (χ4v) is 6.58. The van der Waals surface area contributed by atoms with Crippen LogP contribution in [0.5, 0.6) is 5.75 Å². The molecule has 3 aliphatic heterocycles. The molecule has 0 unspecified atom stereocenters. The molecule has 2 saturated heterocycles. The van der Waals surface area contributed by atoms with Gasteiger partial charge < -0.3 is 29.0 Å². The number of nitrogens with zero attached hydrogens (tertiary/aromatic N) is 5. The van der Waals surface area contributed by atoms with Crippen LogP contribution in [-0.2, 0) is 20.8 Å². The van der Waals surface area contributed by atoms with Crippen molar-refractivity contribution < 1.29 is 28.2 Å². The van der Waals surface area contributed by atoms with Gasteiger partial charge in [0.1, 0.15) is 11.4 Å². The molecule has 2 amide bonds. The minimum atomic E-state index is -0.603. The maximum absolute atomic E-state index is 16.5. The van der Waals surface area contributed by atoms with Crippen molar-refractivity contribution in [3.63, 3.8) is 0 Å². The normalized spacial score (nSPS) is 18.0. The molecule has 0 saturated carbocycles. The van der Waals surface area contributed by atoms with E-state index in [1.807, 2.05) is 36.4 Å². The number of methoxy groups -OCH3 is 1. The lowest BCUT2D eigenvalue weighted by Crippen LogP contribution is -2.47. The van der Waals surface area contributed by atoms with Gasteiger partial charge in [-0.25, -0.2) is 4.39 Å². The second kappa shape index (κ2) is 12.1. The van der Waals surface area contributed by atoms with Crippen molar-refractivity contribution in [2.24, 2.45) is 0 Å². The van der Waals surface area contributed by atoms with E-state index in [1.165, 1.54) is 0 Å². The number of halogens is 1. The molecule has 12 heteroatoms. The van der Waals surface area contributed by atoms with Crippen LogP contribution in [0.4, 0.5) is 4.39 Å². The second-order valence-corrected chi connectivity index (χ2v) is 11.6. The van der Waals surface area contributed by atoms with Gasteiger partial charge in [-0.3, -0.25) is 14.3 Å². The smallest absolute Gasteiger partial charge is 0.270 e. The molecule has 0 aliphatic carbocycles. The Morgan fingerprint density at radius 3 is 2.60 bits per heavy atom. The SMILES string of the molecule is COc1ccccc1-c1cc(C2=CCCN(C(=O)CCn3ccnn3)C2)c(F)c2[nH]c(C(=O)N3CCC4(CC3)OCCO4)cc12. The number of fused-ring (bicyclic) bond motifs is 1. The first-order chi connectivity index (χ1) is 21.9. The average Bonchev–Trinajstić information content (AvgIpc) is 3.86. The number of aryl methyl sites for hydroxylation is 1. The first-order valence-corrected chi connectivity index (χ1v) is 15.3. The molecule has 3 aliphatic rings. The molecule has 5 heterocycles. The summed E-state index contributed by atoms with van der Waals surface area (Å²) in [6.45, 7) is 3.34. The summed E-state index contributed by atoms with van der Waals surface area (Å²) in [7, 11) is 1.60. The zero-order valence-electron chi connectivity index (χ0n) is 25.1. The molecule has 2 aromatic heterocycles. The summed E-state index contributed by atoms with van der Waals surface area (Å²) in [5.41, 5.74) is 3.15. The van der Waals surface area contributed by atoms with E-state index in [0.717, 1.165) is 11.1 Å². The van der Waals surface area contributed by atoms with Gasteiger partial charge in [0.05, 0.1) is 38.6 Å². The topological polar surface area (TPSA) is 115 Å². The number of nitrogens with one attached hydrogen (secondary N) is 1. The Balaban J connectivity index is 1.22. The number of carbonyl (C=O) groups is 2. The van der Waals surface area contributed by atoms with Crippen LogP contribution in [0.2, 0.25) is 0 Å². The number of hydrogen-bond acceptors (Lipinski definition) is 7. The van der Waals surface area contributed by atoms with Crippen molar-refractivity contribution in [3.8, 4) is 16.9 Å². The number of H-pyrrole nitrogens is 1. The Morgan fingerprint density at radius 1 is 1.04 bits per heavy atom. The summed E-state index contributed by atoms with van der Waals surface area (Å²) >= 11 is 0. The Morgan fingerprint density at radius 2 is 1.84 bits per heavy atom. The molecule has 234 valence electrons. The summed E-state index contributed by atoms with van der Waals surface area (Å²) < 4.78 is 35.5. The lowest BCUT2D eigenvalue weighted by atomic mass is 9.93. The zero-order chi connectivity index (χ0) is 31.0. The van der Waals surface area contributed by atoms with E-state index in [0.29, 0.717) is 86.6 Å². The highest BCUT2D eigenvalue weighted by atomic mass is 19.1. The number of hydrogen-bond donors (Lipinski definition) is 1. The maximum Gasteiger partial charge on any atom is 0.270 e. The predicted molar refractivity (Wildman–Crippen MR) is 164 cm³/mol. The van der Waals surface area contributed by atoms with E-state index in [1.54, 1.807) is 40.1 Å². The second-order valence-electron chi connectivity index (χ2n) is 11.6. The maximum atomic E-state index is 16.5. The van der Waals surface area contributed by atoms with Gasteiger partial charge >= 0.3 is 0 Å². The van der Waals surface area contributed by atoms with Gasteiger partial charge in [-0.2, -0.15) is 0 Å². The minimum absolute atomic E-state index is 0.0352. The van der Waals surface area contributed by atoms with Crippen LogP contribution in [0.25, 0.3) is 27.6 Å². The van der Waals surface area contributed by atoms with E-state index in [2.05, 4.69) is 15.3 Å². The molecule has 2 aromatic carbocycles. The van der Waals surface area contributed by atoms with Crippen LogP contribution in [0.1, 0.15) is 41.7 Å². The Kier molecular flexibility index (Phi) is 7.84. The van der Waals surface area contributed by atoms with E-state index in [9.17, 15) is 9.59 Å². The van der Waals surface area contributed by atoms with E-state index in [-0.39, 0.29) is 30.3 Å². The Labute approximate surface area is 259 Å². The highest BCUT2D eigenvalue weighted by Gasteiger charge is 2.41. The molecule has 4 aromatic rings. The molecule has 0 radical (unpaired) electrons. The van der Waals surface area contributed by atoms with Gasteiger partial charge in [-0.1, -0.05) is 29.5 Å². The monoisotopic (exact) mass is 614 g/mol. The van der Waals surface area contributed by atoms with Crippen LogP contribution in [-0.4, -0.2) is 93.9 Å². The van der Waals surface area contributed by atoms with Gasteiger partial charge in [0.25, 0.3) is 5.91 Å². The molecule has 7 rings (SSSR count). The number of aromatic amines is 1. The van der Waals surface area contributed by atoms with Crippen LogP contribution >= 0.6 is 0 Å². The number of carbonyl (C=O) groups excluding carboxylic acids is 2. The highest BCUT2D eigenvalue weighted by Crippen LogP contribution is 2.40. The van der Waals surface area contributed by atoms with Crippen LogP contribution in [0, 0.1) is 5.82 Å². The van der Waals surface area contributed by atoms with Gasteiger partial charge in [-0.05, 0) is 35.8 Å². The molecule has 0 bridgehead atoms. The summed E-state index contributed by atoms with van der Waals surface area (Å²) in [6.07, 6.45) is 7.33. The largest absolute Gasteiger partial charge is 0.496 e. The minimum Gasteiger partial charge on any atom is -0.496 e. The quantitative estimate of drug-likeness (QED) is 0.331. The summed E-state index contributed by atoms with van der Waals surface area (Å²) in [4.78, 5) is 33.5. The van der Waals surface area contributed by atoms with Crippen LogP contribution in [0.3, 0.4) is 0 Å². The third-order valence-electron chi connectivity index (χ3n) is 8.98. The Hall–Kier alpha value is -4.55. The molecule has 2 fully saturated rings. The van der Waals surface area contributed by atoms with Crippen LogP contribution in [0.15, 0.2) is 54.9 Å². The van der Waals surface area contributed by atoms with Crippen molar-refractivity contribution in [2.45, 2.75) is 38.0 Å². The number of para-hydroxylation sites is 1. The fourth-order valence-electron chi connectivity index (χ4n) is 6.58. The van der Waals surface area contributed by atoms with Crippen molar-refractivity contribution in [1.29, 1.82) is 0 Å². The van der Waals surface area contributed by atoms with Gasteiger partial charge in [0, 0.05) is 68.2 Å². The number of piperidine rings is 1. The molecule has 11 nitrogen and oxygen atoms in total. The zero-order valence-corrected chi connectivity index (χ0v) is 25.1. The lowest BCUT2D eigenvalue weighted by molar-refractivity contribution is -0.181. The Bertz CT molecular complexity index is 1750. The summed E-state index contributed by atoms with van der Waals surface area (Å²) in [5, 5.41) is 8.30. The van der Waals surface area contributed by atoms with Crippen molar-refractivity contribution in [2.75, 3.05) is 46.5 Å². The lowest BCUT2D eigenvalue weighted by Gasteiger charge is -2.37. The third kappa shape index (κ3) is 5.59. The molecular formula is C33H35FN6O5. The first-order valence-electron chi connectivity index (χ1n) is 15.3. The summed E-state index contributed by atoms with van der Waals surface area (Å²) in [5.74, 6) is -0.671. The number of amides is 2. The first kappa shape index (κ1) is 29.2. The van der Waals surface area contributed by atoms with Gasteiger partial charge in [0.2, 0.25) is 5.91 Å². The molecule has 45 heavy (non-hydrogen) atoms. The highest BCUT2D eigenvalue weighted by molar-refractivity contribution is 6.05. The predicted octanol–water partition coefficient (Wildman–Crippen LogP) is 4.26. The number of aromatic nitrogens is 4. The van der Waals surface area contributed by atoms with Crippen molar-refractivity contribution in [3.05, 3.63) is 71.9 Å². The molecule has 1 spiro atoms. The number of ether oxygens (including phenoxy) is 3.